The Balaban J connectivity index is 1.62. The van der Waals surface area contributed by atoms with Gasteiger partial charge >= 0.3 is 4.87 Å². The fourth-order valence-corrected chi connectivity index (χ4v) is 6.06. The van der Waals surface area contributed by atoms with Crippen LogP contribution in [0.3, 0.4) is 0 Å². The summed E-state index contributed by atoms with van der Waals surface area (Å²) in [5, 5.41) is 2.77. The number of rotatable bonds is 7. The first-order valence-electron chi connectivity index (χ1n) is 10.3. The van der Waals surface area contributed by atoms with Gasteiger partial charge in [-0.05, 0) is 56.3 Å². The smallest absolute Gasteiger partial charge is 0.308 e. The predicted molar refractivity (Wildman–Crippen MR) is 133 cm³/mol. The van der Waals surface area contributed by atoms with Gasteiger partial charge in [0, 0.05) is 11.7 Å². The van der Waals surface area contributed by atoms with E-state index in [4.69, 9.17) is 0 Å². The Kier molecular flexibility index (Phi) is 6.35. The number of anilines is 2. The molecule has 0 atom stereocenters. The molecule has 1 amide bonds. The maximum absolute atomic E-state index is 13.3. The molecular formula is C24H23N3O4S2. The van der Waals surface area contributed by atoms with E-state index in [0.717, 1.165) is 25.9 Å². The molecule has 0 fully saturated rings. The highest BCUT2D eigenvalue weighted by atomic mass is 32.2. The molecule has 0 spiro atoms. The number of sulfonamides is 1. The lowest BCUT2D eigenvalue weighted by Crippen LogP contribution is -2.38. The second-order valence-electron chi connectivity index (χ2n) is 7.72. The number of thiazole rings is 1. The average Bonchev–Trinajstić information content (AvgIpc) is 3.13. The zero-order valence-electron chi connectivity index (χ0n) is 18.1. The molecule has 33 heavy (non-hydrogen) atoms. The maximum atomic E-state index is 13.3. The van der Waals surface area contributed by atoms with Crippen LogP contribution in [0.25, 0.3) is 10.2 Å². The van der Waals surface area contributed by atoms with Crippen molar-refractivity contribution < 1.29 is 13.2 Å². The van der Waals surface area contributed by atoms with Crippen LogP contribution in [0.5, 0.6) is 0 Å². The van der Waals surface area contributed by atoms with Gasteiger partial charge in [-0.1, -0.05) is 47.7 Å². The van der Waals surface area contributed by atoms with Gasteiger partial charge < -0.3 is 5.32 Å². The fraction of sp³-hybridized carbons (Fsp3) is 0.167. The van der Waals surface area contributed by atoms with Crippen LogP contribution in [0.4, 0.5) is 11.4 Å². The van der Waals surface area contributed by atoms with Crippen molar-refractivity contribution >= 4 is 48.9 Å². The van der Waals surface area contributed by atoms with E-state index in [1.165, 1.54) is 12.1 Å². The second kappa shape index (κ2) is 9.21. The van der Waals surface area contributed by atoms with Crippen molar-refractivity contribution in [1.29, 1.82) is 0 Å². The quantitative estimate of drug-likeness (QED) is 0.422. The summed E-state index contributed by atoms with van der Waals surface area (Å²) in [7, 11) is -3.96. The summed E-state index contributed by atoms with van der Waals surface area (Å²) in [4.78, 5) is 25.2. The molecule has 1 N–H and O–H groups in total. The third-order valence-corrected chi connectivity index (χ3v) is 7.78. The molecule has 170 valence electrons. The third-order valence-electron chi connectivity index (χ3n) is 5.08. The van der Waals surface area contributed by atoms with E-state index >= 15 is 0 Å². The van der Waals surface area contributed by atoms with Gasteiger partial charge in [-0.15, -0.1) is 0 Å². The Hall–Kier alpha value is -3.43. The lowest BCUT2D eigenvalue weighted by Gasteiger charge is -2.24. The largest absolute Gasteiger partial charge is 0.324 e. The van der Waals surface area contributed by atoms with Crippen LogP contribution in [0.2, 0.25) is 0 Å². The van der Waals surface area contributed by atoms with Crippen LogP contribution >= 0.6 is 11.3 Å². The fourth-order valence-electron chi connectivity index (χ4n) is 3.56. The van der Waals surface area contributed by atoms with Crippen molar-refractivity contribution in [1.82, 2.24) is 4.57 Å². The molecule has 0 aliphatic carbocycles. The number of benzene rings is 3. The first kappa shape index (κ1) is 22.8. The topological polar surface area (TPSA) is 88.5 Å². The number of amides is 1. The van der Waals surface area contributed by atoms with E-state index in [9.17, 15) is 18.0 Å². The minimum atomic E-state index is -3.96. The molecule has 3 aromatic carbocycles. The zero-order chi connectivity index (χ0) is 23.6. The Morgan fingerprint density at radius 1 is 1.00 bits per heavy atom. The summed E-state index contributed by atoms with van der Waals surface area (Å²) in [5.41, 5.74) is 1.68. The number of hydrogen-bond acceptors (Lipinski definition) is 5. The highest BCUT2D eigenvalue weighted by Crippen LogP contribution is 2.26. The van der Waals surface area contributed by atoms with E-state index in [2.05, 4.69) is 5.32 Å². The number of carbonyl (C=O) groups is 1. The van der Waals surface area contributed by atoms with E-state index in [1.807, 2.05) is 13.8 Å². The molecule has 0 bridgehead atoms. The molecular weight excluding hydrogens is 458 g/mol. The van der Waals surface area contributed by atoms with Crippen LogP contribution in [0.1, 0.15) is 19.9 Å². The summed E-state index contributed by atoms with van der Waals surface area (Å²) < 4.78 is 30.2. The third kappa shape index (κ3) is 4.69. The van der Waals surface area contributed by atoms with Crippen LogP contribution in [-0.2, 0) is 14.8 Å². The van der Waals surface area contributed by atoms with Crippen LogP contribution < -0.4 is 14.5 Å². The average molecular weight is 482 g/mol. The molecule has 1 heterocycles. The molecule has 9 heteroatoms. The van der Waals surface area contributed by atoms with E-state index in [1.54, 1.807) is 71.3 Å². The molecule has 0 radical (unpaired) electrons. The SMILES string of the molecule is CC(C)n1c(=O)sc2cc(NC(=O)CN(c3ccccc3)S(=O)(=O)c3ccccc3)ccc21. The Labute approximate surface area is 196 Å². The minimum absolute atomic E-state index is 0.0225. The summed E-state index contributed by atoms with van der Waals surface area (Å²) in [6, 6.07) is 21.8. The molecule has 0 saturated carbocycles. The molecule has 7 nitrogen and oxygen atoms in total. The maximum Gasteiger partial charge on any atom is 0.308 e. The number of nitrogens with one attached hydrogen (secondary N) is 1. The number of para-hydroxylation sites is 1. The van der Waals surface area contributed by atoms with Crippen molar-refractivity contribution in [3.8, 4) is 0 Å². The molecule has 1 aromatic heterocycles. The minimum Gasteiger partial charge on any atom is -0.324 e. The van der Waals surface area contributed by atoms with Gasteiger partial charge in [0.05, 0.1) is 20.8 Å². The highest BCUT2D eigenvalue weighted by molar-refractivity contribution is 7.92. The first-order chi connectivity index (χ1) is 15.8. The number of fused-ring (bicyclic) bond motifs is 1. The molecule has 0 saturated heterocycles. The predicted octanol–water partition coefficient (Wildman–Crippen LogP) is 4.48. The van der Waals surface area contributed by atoms with Crippen LogP contribution in [0.15, 0.2) is 88.6 Å². The van der Waals surface area contributed by atoms with E-state index in [-0.39, 0.29) is 15.8 Å². The van der Waals surface area contributed by atoms with Crippen molar-refractivity contribution in [2.24, 2.45) is 0 Å². The van der Waals surface area contributed by atoms with Gasteiger partial charge in [-0.3, -0.25) is 18.5 Å². The number of nitrogens with zero attached hydrogens (tertiary/aromatic N) is 2. The number of carbonyl (C=O) groups excluding carboxylic acids is 1. The second-order valence-corrected chi connectivity index (χ2v) is 10.6. The normalized spacial score (nSPS) is 11.6. The standard InChI is InChI=1S/C24H23N3O4S2/c1-17(2)27-21-14-13-18(15-22(21)32-24(27)29)25-23(28)16-26(19-9-5-3-6-10-19)33(30,31)20-11-7-4-8-12-20/h3-15,17H,16H2,1-2H3,(H,25,28). The number of aromatic nitrogens is 1. The summed E-state index contributed by atoms with van der Waals surface area (Å²) in [5.74, 6) is -0.492. The molecule has 0 aliphatic heterocycles. The van der Waals surface area contributed by atoms with Crippen molar-refractivity contribution in [2.45, 2.75) is 24.8 Å². The molecule has 4 rings (SSSR count). The first-order valence-corrected chi connectivity index (χ1v) is 12.6. The molecule has 0 unspecified atom stereocenters. The van der Waals surface area contributed by atoms with Gasteiger partial charge in [0.1, 0.15) is 6.54 Å². The summed E-state index contributed by atoms with van der Waals surface area (Å²) in [6.07, 6.45) is 0. The summed E-state index contributed by atoms with van der Waals surface area (Å²) in [6.45, 7) is 3.48. The van der Waals surface area contributed by atoms with Gasteiger partial charge in [-0.25, -0.2) is 8.42 Å². The van der Waals surface area contributed by atoms with Crippen molar-refractivity contribution in [3.05, 3.63) is 88.5 Å². The van der Waals surface area contributed by atoms with Gasteiger partial charge in [-0.2, -0.15) is 0 Å². The molecule has 0 aliphatic rings. The Morgan fingerprint density at radius 2 is 1.64 bits per heavy atom. The van der Waals surface area contributed by atoms with E-state index in [0.29, 0.717) is 11.4 Å². The zero-order valence-corrected chi connectivity index (χ0v) is 19.8. The van der Waals surface area contributed by atoms with Crippen molar-refractivity contribution in [2.75, 3.05) is 16.2 Å². The summed E-state index contributed by atoms with van der Waals surface area (Å²) >= 11 is 1.11. The van der Waals surface area contributed by atoms with E-state index < -0.39 is 22.5 Å². The van der Waals surface area contributed by atoms with Gasteiger partial charge in [0.15, 0.2) is 0 Å². The highest BCUT2D eigenvalue weighted by Gasteiger charge is 2.27. The molecule has 4 aromatic rings. The van der Waals surface area contributed by atoms with Gasteiger partial charge in [0.2, 0.25) is 5.91 Å². The number of hydrogen-bond donors (Lipinski definition) is 1. The monoisotopic (exact) mass is 481 g/mol. The lowest BCUT2D eigenvalue weighted by atomic mass is 10.2. The van der Waals surface area contributed by atoms with Crippen LogP contribution in [0, 0.1) is 0 Å². The Morgan fingerprint density at radius 3 is 2.27 bits per heavy atom. The van der Waals surface area contributed by atoms with Gasteiger partial charge in [0.25, 0.3) is 10.0 Å². The van der Waals surface area contributed by atoms with Crippen molar-refractivity contribution in [3.63, 3.8) is 0 Å². The lowest BCUT2D eigenvalue weighted by molar-refractivity contribution is -0.114. The van der Waals surface area contributed by atoms with Crippen LogP contribution in [-0.4, -0.2) is 25.4 Å². The Bertz CT molecular complexity index is 1440.